The fourth-order valence-electron chi connectivity index (χ4n) is 4.35. The molecule has 3 aromatic rings. The molecule has 0 bridgehead atoms. The minimum absolute atomic E-state index is 0.0129. The van der Waals surface area contributed by atoms with Gasteiger partial charge in [-0.25, -0.2) is 14.6 Å². The normalized spacial score (nSPS) is 13.0. The van der Waals surface area contributed by atoms with Gasteiger partial charge in [-0.2, -0.15) is 0 Å². The summed E-state index contributed by atoms with van der Waals surface area (Å²) in [5.74, 6) is -1.54. The number of ether oxygens (including phenoxy) is 1. The largest absolute Gasteiger partial charge is 0.476 e. The molecule has 2 amide bonds. The van der Waals surface area contributed by atoms with Crippen LogP contribution in [0.1, 0.15) is 57.2 Å². The highest BCUT2D eigenvalue weighted by molar-refractivity contribution is 7.11. The summed E-state index contributed by atoms with van der Waals surface area (Å²) in [6, 6.07) is 15.4. The van der Waals surface area contributed by atoms with Gasteiger partial charge in [0, 0.05) is 10.8 Å². The molecule has 0 aliphatic heterocycles. The molecule has 0 fully saturated rings. The molecule has 0 saturated heterocycles. The van der Waals surface area contributed by atoms with E-state index in [1.807, 2.05) is 43.3 Å². The number of nitrogens with one attached hydrogen (secondary N) is 2. The number of carbonyl (C=O) groups excluding carboxylic acids is 2. The van der Waals surface area contributed by atoms with Crippen LogP contribution in [-0.4, -0.2) is 40.7 Å². The highest BCUT2D eigenvalue weighted by Crippen LogP contribution is 2.44. The van der Waals surface area contributed by atoms with Crippen LogP contribution in [0.25, 0.3) is 11.1 Å². The van der Waals surface area contributed by atoms with Gasteiger partial charge in [0.1, 0.15) is 17.7 Å². The SMILES string of the molecule is CCC[C@H](NC(=O)OCC1c2ccccc2-c2ccccc21)C(=O)NCc1nc(C(=O)O)c(C)s1. The number of carbonyl (C=O) groups is 3. The minimum Gasteiger partial charge on any atom is -0.476 e. The van der Waals surface area contributed by atoms with Crippen LogP contribution in [0.2, 0.25) is 0 Å². The van der Waals surface area contributed by atoms with Gasteiger partial charge >= 0.3 is 12.1 Å². The van der Waals surface area contributed by atoms with Crippen molar-refractivity contribution < 1.29 is 24.2 Å². The van der Waals surface area contributed by atoms with Crippen LogP contribution in [-0.2, 0) is 16.1 Å². The number of nitrogens with zero attached hydrogens (tertiary/aromatic N) is 1. The second-order valence-corrected chi connectivity index (χ2v) is 9.63. The van der Waals surface area contributed by atoms with E-state index in [1.165, 1.54) is 11.3 Å². The molecule has 0 saturated carbocycles. The van der Waals surface area contributed by atoms with Crippen LogP contribution in [0.15, 0.2) is 48.5 Å². The number of rotatable bonds is 9. The second kappa shape index (κ2) is 10.7. The van der Waals surface area contributed by atoms with E-state index in [4.69, 9.17) is 9.84 Å². The monoisotopic (exact) mass is 493 g/mol. The lowest BCUT2D eigenvalue weighted by Crippen LogP contribution is -2.46. The van der Waals surface area contributed by atoms with Crippen LogP contribution >= 0.6 is 11.3 Å². The van der Waals surface area contributed by atoms with E-state index >= 15 is 0 Å². The van der Waals surface area contributed by atoms with Crippen molar-refractivity contribution in [1.82, 2.24) is 15.6 Å². The molecule has 4 rings (SSSR count). The van der Waals surface area contributed by atoms with Gasteiger partial charge in [-0.05, 0) is 35.6 Å². The molecule has 3 N–H and O–H groups in total. The number of benzene rings is 2. The number of thiazole rings is 1. The number of carboxylic acid groups (broad SMARTS) is 1. The van der Waals surface area contributed by atoms with E-state index in [2.05, 4.69) is 27.8 Å². The first-order chi connectivity index (χ1) is 16.9. The molecule has 1 atom stereocenters. The first-order valence-corrected chi connectivity index (χ1v) is 12.3. The first kappa shape index (κ1) is 24.4. The van der Waals surface area contributed by atoms with E-state index in [0.29, 0.717) is 22.7 Å². The maximum atomic E-state index is 12.7. The molecule has 182 valence electrons. The van der Waals surface area contributed by atoms with Gasteiger partial charge in [-0.1, -0.05) is 61.9 Å². The smallest absolute Gasteiger partial charge is 0.407 e. The molecule has 9 heteroatoms. The molecule has 1 aromatic heterocycles. The van der Waals surface area contributed by atoms with Gasteiger partial charge in [-0.3, -0.25) is 4.79 Å². The lowest BCUT2D eigenvalue weighted by Gasteiger charge is -2.19. The van der Waals surface area contributed by atoms with E-state index < -0.39 is 18.1 Å². The number of aromatic carboxylic acids is 1. The molecular formula is C26H27N3O5S. The zero-order valence-electron chi connectivity index (χ0n) is 19.5. The fourth-order valence-corrected chi connectivity index (χ4v) is 5.22. The highest BCUT2D eigenvalue weighted by atomic mass is 32.1. The summed E-state index contributed by atoms with van der Waals surface area (Å²) in [5, 5.41) is 15.1. The standard InChI is InChI=1S/C26H27N3O5S/c1-3-8-21(24(30)27-13-22-29-23(25(31)32)15(2)35-22)28-26(33)34-14-20-18-11-6-4-9-16(18)17-10-5-7-12-19(17)20/h4-7,9-12,20-21H,3,8,13-14H2,1-2H3,(H,27,30)(H,28,33)(H,31,32)/t21-/m0/s1. The van der Waals surface area contributed by atoms with Gasteiger partial charge in [0.25, 0.3) is 0 Å². The van der Waals surface area contributed by atoms with Crippen molar-refractivity contribution >= 4 is 29.3 Å². The number of hydrogen-bond acceptors (Lipinski definition) is 6. The lowest BCUT2D eigenvalue weighted by atomic mass is 9.98. The predicted molar refractivity (Wildman–Crippen MR) is 133 cm³/mol. The minimum atomic E-state index is -1.10. The maximum absolute atomic E-state index is 12.7. The topological polar surface area (TPSA) is 118 Å². The molecule has 0 spiro atoms. The van der Waals surface area contributed by atoms with E-state index in [1.54, 1.807) is 6.92 Å². The van der Waals surface area contributed by atoms with Crippen LogP contribution in [0.4, 0.5) is 4.79 Å². The quantitative estimate of drug-likeness (QED) is 0.405. The molecule has 8 nitrogen and oxygen atoms in total. The summed E-state index contributed by atoms with van der Waals surface area (Å²) >= 11 is 1.22. The van der Waals surface area contributed by atoms with Crippen LogP contribution in [0, 0.1) is 6.92 Å². The zero-order chi connectivity index (χ0) is 24.9. The average molecular weight is 494 g/mol. The van der Waals surface area contributed by atoms with Gasteiger partial charge in [0.05, 0.1) is 6.54 Å². The van der Waals surface area contributed by atoms with Crippen molar-refractivity contribution in [3.63, 3.8) is 0 Å². The van der Waals surface area contributed by atoms with E-state index in [-0.39, 0.29) is 30.7 Å². The molecule has 1 heterocycles. The lowest BCUT2D eigenvalue weighted by molar-refractivity contribution is -0.123. The Morgan fingerprint density at radius 1 is 1.09 bits per heavy atom. The Labute approximate surface area is 207 Å². The van der Waals surface area contributed by atoms with Crippen LogP contribution in [0.3, 0.4) is 0 Å². The maximum Gasteiger partial charge on any atom is 0.407 e. The number of alkyl carbamates (subject to hydrolysis) is 1. The Morgan fingerprint density at radius 3 is 2.29 bits per heavy atom. The van der Waals surface area contributed by atoms with Crippen molar-refractivity contribution in [2.45, 2.75) is 45.2 Å². The predicted octanol–water partition coefficient (Wildman–Crippen LogP) is 4.47. The summed E-state index contributed by atoms with van der Waals surface area (Å²) in [6.45, 7) is 3.84. The number of carboxylic acids is 1. The Balaban J connectivity index is 1.35. The molecule has 1 aliphatic rings. The van der Waals surface area contributed by atoms with Crippen LogP contribution in [0.5, 0.6) is 0 Å². The molecule has 0 unspecified atom stereocenters. The zero-order valence-corrected chi connectivity index (χ0v) is 20.4. The first-order valence-electron chi connectivity index (χ1n) is 11.5. The van der Waals surface area contributed by atoms with Crippen molar-refractivity contribution in [2.24, 2.45) is 0 Å². The number of aryl methyl sites for hydroxylation is 1. The number of fused-ring (bicyclic) bond motifs is 3. The molecule has 0 radical (unpaired) electrons. The Hall–Kier alpha value is -3.72. The number of hydrogen-bond donors (Lipinski definition) is 3. The molecular weight excluding hydrogens is 466 g/mol. The number of aromatic nitrogens is 1. The summed E-state index contributed by atoms with van der Waals surface area (Å²) in [4.78, 5) is 41.2. The third-order valence-corrected chi connectivity index (χ3v) is 6.96. The van der Waals surface area contributed by atoms with Gasteiger partial charge in [0.2, 0.25) is 5.91 Å². The summed E-state index contributed by atoms with van der Waals surface area (Å²) in [5.41, 5.74) is 4.50. The molecule has 1 aliphatic carbocycles. The Bertz CT molecular complexity index is 1210. The second-order valence-electron chi connectivity index (χ2n) is 8.35. The van der Waals surface area contributed by atoms with Crippen molar-refractivity contribution in [1.29, 1.82) is 0 Å². The fraction of sp³-hybridized carbons (Fsp3) is 0.308. The highest BCUT2D eigenvalue weighted by Gasteiger charge is 2.29. The average Bonchev–Trinajstić information content (AvgIpc) is 3.38. The third kappa shape index (κ3) is 5.35. The van der Waals surface area contributed by atoms with Crippen LogP contribution < -0.4 is 10.6 Å². The van der Waals surface area contributed by atoms with Crippen molar-refractivity contribution in [2.75, 3.05) is 6.61 Å². The van der Waals surface area contributed by atoms with Gasteiger partial charge < -0.3 is 20.5 Å². The Kier molecular flexibility index (Phi) is 7.45. The summed E-state index contributed by atoms with van der Waals surface area (Å²) in [6.07, 6.45) is 0.466. The number of amides is 2. The van der Waals surface area contributed by atoms with E-state index in [9.17, 15) is 14.4 Å². The van der Waals surface area contributed by atoms with Crippen molar-refractivity contribution in [3.05, 3.63) is 75.2 Å². The molecule has 2 aromatic carbocycles. The Morgan fingerprint density at radius 2 is 1.71 bits per heavy atom. The summed E-state index contributed by atoms with van der Waals surface area (Å²) in [7, 11) is 0. The van der Waals surface area contributed by atoms with E-state index in [0.717, 1.165) is 22.3 Å². The third-order valence-electron chi connectivity index (χ3n) is 5.99. The molecule has 35 heavy (non-hydrogen) atoms. The van der Waals surface area contributed by atoms with Gasteiger partial charge in [0.15, 0.2) is 5.69 Å². The summed E-state index contributed by atoms with van der Waals surface area (Å²) < 4.78 is 5.57. The van der Waals surface area contributed by atoms with Crippen molar-refractivity contribution in [3.8, 4) is 11.1 Å². The van der Waals surface area contributed by atoms with Gasteiger partial charge in [-0.15, -0.1) is 11.3 Å².